The normalized spacial score (nSPS) is 48.7. The zero-order chi connectivity index (χ0) is 66.0. The molecule has 35 heteroatoms. The average molecular weight is 1330 g/mol. The van der Waals surface area contributed by atoms with E-state index in [9.17, 15) is 35.7 Å². The molecule has 532 valence electrons. The van der Waals surface area contributed by atoms with E-state index in [1.165, 1.54) is 99.5 Å². The minimum atomic E-state index is -1.71. The first-order valence-electron chi connectivity index (χ1n) is 30.0. The summed E-state index contributed by atoms with van der Waals surface area (Å²) >= 11 is 0. The van der Waals surface area contributed by atoms with Crippen molar-refractivity contribution in [3.63, 3.8) is 0 Å². The fraction of sp³-hybridized carbons (Fsp3) is 1.00. The fourth-order valence-corrected chi connectivity index (χ4v) is 13.2. The first-order chi connectivity index (χ1) is 43.9. The van der Waals surface area contributed by atoms with E-state index >= 15 is 0 Å². The van der Waals surface area contributed by atoms with Crippen LogP contribution < -0.4 is 0 Å². The van der Waals surface area contributed by atoms with Gasteiger partial charge >= 0.3 is 0 Å². The Bertz CT molecular complexity index is 2080. The molecule has 21 aliphatic heterocycles. The van der Waals surface area contributed by atoms with E-state index < -0.39 is 215 Å². The number of aliphatic hydroxyl groups excluding tert-OH is 7. The van der Waals surface area contributed by atoms with Gasteiger partial charge in [0, 0.05) is 99.5 Å². The van der Waals surface area contributed by atoms with E-state index in [1.807, 2.05) is 0 Å². The molecule has 0 radical (unpaired) electrons. The highest BCUT2D eigenvalue weighted by molar-refractivity contribution is 5.03. The Morgan fingerprint density at radius 2 is 0.341 bits per heavy atom. The lowest BCUT2D eigenvalue weighted by atomic mass is 9.95. The maximum atomic E-state index is 12.3. The Balaban J connectivity index is 1.18. The van der Waals surface area contributed by atoms with Gasteiger partial charge in [0.2, 0.25) is 0 Å². The van der Waals surface area contributed by atoms with Crippen molar-refractivity contribution in [2.45, 2.75) is 215 Å². The zero-order valence-electron chi connectivity index (χ0n) is 53.7. The highest BCUT2D eigenvalue weighted by atomic mass is 16.8. The average Bonchev–Trinajstić information content (AvgIpc) is 0.856. The third-order valence-corrected chi connectivity index (χ3v) is 17.6. The lowest BCUT2D eigenvalue weighted by molar-refractivity contribution is -0.400. The van der Waals surface area contributed by atoms with E-state index in [0.29, 0.717) is 0 Å². The van der Waals surface area contributed by atoms with Gasteiger partial charge in [0.15, 0.2) is 44.0 Å². The first kappa shape index (κ1) is 75.4. The molecule has 21 fully saturated rings. The lowest BCUT2D eigenvalue weighted by Gasteiger charge is -2.51. The van der Waals surface area contributed by atoms with Gasteiger partial charge in [-0.05, 0) is 0 Å². The molecule has 35 atom stereocenters. The summed E-state index contributed by atoms with van der Waals surface area (Å²) in [5.41, 5.74) is 0. The molecule has 0 aromatic heterocycles. The van der Waals surface area contributed by atoms with Gasteiger partial charge in [0.05, 0.1) is 46.2 Å². The number of methoxy groups -OCH3 is 14. The number of hydrogen-bond donors (Lipinski definition) is 7. The van der Waals surface area contributed by atoms with Crippen molar-refractivity contribution in [2.75, 3.05) is 146 Å². The summed E-state index contributed by atoms with van der Waals surface area (Å²) in [5.74, 6) is 0. The van der Waals surface area contributed by atoms with Crippen LogP contribution in [0.4, 0.5) is 0 Å². The molecule has 35 nitrogen and oxygen atoms in total. The van der Waals surface area contributed by atoms with Crippen molar-refractivity contribution >= 4 is 0 Å². The van der Waals surface area contributed by atoms with Gasteiger partial charge < -0.3 is 168 Å². The van der Waals surface area contributed by atoms with E-state index in [4.69, 9.17) is 133 Å². The molecule has 21 aliphatic rings. The van der Waals surface area contributed by atoms with Gasteiger partial charge in [0.25, 0.3) is 0 Å². The Hall–Kier alpha value is -1.40. The third-order valence-electron chi connectivity index (χ3n) is 17.6. The van der Waals surface area contributed by atoms with E-state index in [-0.39, 0.29) is 46.2 Å². The van der Waals surface area contributed by atoms with Crippen molar-refractivity contribution in [1.82, 2.24) is 0 Å². The van der Waals surface area contributed by atoms with Crippen LogP contribution in [0, 0.1) is 0 Å². The summed E-state index contributed by atoms with van der Waals surface area (Å²) in [6, 6.07) is 0. The smallest absolute Gasteiger partial charge is 0.187 e. The topological polar surface area (TPSA) is 400 Å². The summed E-state index contributed by atoms with van der Waals surface area (Å²) in [6.45, 7) is -1.50. The molecule has 0 aromatic carbocycles. The predicted octanol–water partition coefficient (Wildman–Crippen LogP) is -6.07. The molecular formula is C56H98O35. The van der Waals surface area contributed by atoms with Crippen LogP contribution in [0.2, 0.25) is 0 Å². The summed E-state index contributed by atoms with van der Waals surface area (Å²) < 4.78 is 171. The monoisotopic (exact) mass is 1330 g/mol. The second-order valence-corrected chi connectivity index (χ2v) is 23.0. The number of aliphatic hydroxyl groups is 7. The van der Waals surface area contributed by atoms with E-state index in [0.717, 1.165) is 0 Å². The second-order valence-electron chi connectivity index (χ2n) is 23.0. The summed E-state index contributed by atoms with van der Waals surface area (Å²) in [5, 5.41) is 85.7. The zero-order valence-corrected chi connectivity index (χ0v) is 53.7. The molecule has 0 amide bonds. The molecular weight excluding hydrogens is 1230 g/mol. The third kappa shape index (κ3) is 16.3. The Labute approximate surface area is 528 Å². The number of hydrogen-bond acceptors (Lipinski definition) is 35. The lowest BCUT2D eigenvalue weighted by Crippen LogP contribution is -2.69. The molecule has 21 saturated heterocycles. The molecule has 21 heterocycles. The standard InChI is InChI=1S/C56H98O35/c1-64-15-22-36-29(57)47(75-12)54(82-22)86-37-23(16-65-2)83-55(48(76-13)30(37)58)87-38-24(17-66-3)84-56(49(77-14)31(38)59)91-42-28(21-70-7)81-53(35(63)46(42)74-11)90-41-27(20-69-6)80-52(34(62)45(41)73-10)89-40-26(19-68-5)79-51(33(61)44(40)72-9)88-39-25(18-67-4)78-50(85-36)32(60)43(39)71-8/h22-63H,15-21H2,1-14H3/t22?,23?,24?,25?,26?,27?,28?,29-,30-,31-,32?,33?,34?,35?,36+,37+,38+,39+,40+,41+,42+,43+,44+,45+,46+,47?,48?,49?,50+,51+,52+,53+,54+,55-,56+/m1/s1. The predicted molar refractivity (Wildman–Crippen MR) is 295 cm³/mol. The molecule has 91 heavy (non-hydrogen) atoms. The van der Waals surface area contributed by atoms with Crippen LogP contribution in [-0.2, 0) is 133 Å². The highest BCUT2D eigenvalue weighted by Gasteiger charge is 2.61. The van der Waals surface area contributed by atoms with Crippen molar-refractivity contribution in [2.24, 2.45) is 0 Å². The van der Waals surface area contributed by atoms with Crippen molar-refractivity contribution in [3.05, 3.63) is 0 Å². The van der Waals surface area contributed by atoms with Crippen LogP contribution in [-0.4, -0.2) is 396 Å². The van der Waals surface area contributed by atoms with Gasteiger partial charge in [-0.3, -0.25) is 0 Å². The summed E-state index contributed by atoms with van der Waals surface area (Å²) in [7, 11) is 18.9. The van der Waals surface area contributed by atoms with E-state index in [1.54, 1.807) is 0 Å². The Morgan fingerprint density at radius 3 is 0.527 bits per heavy atom. The van der Waals surface area contributed by atoms with Crippen LogP contribution in [0.3, 0.4) is 0 Å². The van der Waals surface area contributed by atoms with Gasteiger partial charge in [-0.2, -0.15) is 0 Å². The van der Waals surface area contributed by atoms with Gasteiger partial charge in [-0.1, -0.05) is 0 Å². The molecule has 0 aromatic rings. The van der Waals surface area contributed by atoms with Crippen molar-refractivity contribution in [3.8, 4) is 0 Å². The maximum Gasteiger partial charge on any atom is 0.187 e. The van der Waals surface area contributed by atoms with Crippen LogP contribution in [0.15, 0.2) is 0 Å². The quantitative estimate of drug-likeness (QED) is 0.0562. The van der Waals surface area contributed by atoms with Gasteiger partial charge in [-0.15, -0.1) is 0 Å². The van der Waals surface area contributed by atoms with Gasteiger partial charge in [-0.25, -0.2) is 0 Å². The van der Waals surface area contributed by atoms with E-state index in [2.05, 4.69) is 0 Å². The maximum absolute atomic E-state index is 12.3. The van der Waals surface area contributed by atoms with Crippen LogP contribution in [0.1, 0.15) is 0 Å². The molecule has 0 aliphatic carbocycles. The second kappa shape index (κ2) is 35.4. The fourth-order valence-electron chi connectivity index (χ4n) is 13.2. The molecule has 0 saturated carbocycles. The minimum absolute atomic E-state index is 0.191. The Morgan fingerprint density at radius 1 is 0.187 bits per heavy atom. The highest BCUT2D eigenvalue weighted by Crippen LogP contribution is 2.41. The molecule has 7 N–H and O–H groups in total. The Kier molecular flexibility index (Phi) is 29.3. The van der Waals surface area contributed by atoms with Crippen molar-refractivity contribution in [1.29, 1.82) is 0 Å². The molecule has 14 unspecified atom stereocenters. The van der Waals surface area contributed by atoms with Crippen LogP contribution >= 0.6 is 0 Å². The minimum Gasteiger partial charge on any atom is -0.387 e. The SMILES string of the molecule is COCC1O[C@H]2O[C@H]3C(COC)O[C@@H](O[C@H]4C(COC)O[C@@H](O[C@H]5C(COC)O[C@@H](O[C@H]6C(COC)O[C@@H](O[C@H]7C(COC)O[C@@H](O[C@H]8C(COC)O[C@H](O[C@@H]1[C@@H](O)C2OC)C(OC)[C@@H]8O)C(OC)[C@@H]7O)C(O)[C@@H]6OC)C(O)[C@@H]5OC)C(O)[C@@H]4OC)C(O)[C@@H]3OC. The van der Waals surface area contributed by atoms with Gasteiger partial charge in [0.1, 0.15) is 171 Å². The first-order valence-corrected chi connectivity index (χ1v) is 30.0. The summed E-state index contributed by atoms with van der Waals surface area (Å²) in [6.07, 6.45) is -49.2. The number of ether oxygens (including phenoxy) is 28. The number of rotatable bonds is 21. The molecule has 14 bridgehead atoms. The molecule has 21 rings (SSSR count). The van der Waals surface area contributed by atoms with Crippen LogP contribution in [0.5, 0.6) is 0 Å². The molecule has 0 spiro atoms. The van der Waals surface area contributed by atoms with Crippen LogP contribution in [0.25, 0.3) is 0 Å². The largest absolute Gasteiger partial charge is 0.387 e. The van der Waals surface area contributed by atoms with Crippen molar-refractivity contribution < 1.29 is 168 Å². The summed E-state index contributed by atoms with van der Waals surface area (Å²) in [4.78, 5) is 0.